The van der Waals surface area contributed by atoms with Gasteiger partial charge in [-0.2, -0.15) is 0 Å². The van der Waals surface area contributed by atoms with Crippen molar-refractivity contribution in [2.24, 2.45) is 0 Å². The highest BCUT2D eigenvalue weighted by atomic mass is 16.4. The summed E-state index contributed by atoms with van der Waals surface area (Å²) in [4.78, 5) is 22.1. The lowest BCUT2D eigenvalue weighted by molar-refractivity contribution is -0.136. The number of carboxylic acids is 2. The van der Waals surface area contributed by atoms with Crippen LogP contribution in [0.15, 0.2) is 11.1 Å². The normalized spacial score (nSPS) is 15.5. The molecule has 98 valence electrons. The average Bonchev–Trinajstić information content (AvgIpc) is 2.29. The number of carboxylic acid groups (broad SMARTS) is 2. The van der Waals surface area contributed by atoms with Gasteiger partial charge in [0.25, 0.3) is 0 Å². The molecule has 4 heteroatoms. The minimum absolute atomic E-state index is 0.0263. The zero-order valence-corrected chi connectivity index (χ0v) is 10.2. The van der Waals surface area contributed by atoms with E-state index in [4.69, 9.17) is 14.3 Å². The highest BCUT2D eigenvalue weighted by Gasteiger charge is 2.15. The van der Waals surface area contributed by atoms with Gasteiger partial charge in [-0.1, -0.05) is 39.0 Å². The van der Waals surface area contributed by atoms with Crippen molar-refractivity contribution < 1.29 is 23.9 Å². The molecule has 0 aromatic rings. The Hall–Kier alpha value is -1.32. The third-order valence-corrected chi connectivity index (χ3v) is 2.55. The summed E-state index contributed by atoms with van der Waals surface area (Å²) in [6.07, 6.45) is 5.43. The SMILES string of the molecule is [2H]C([2H])([2H])/C(C(=O)O)=C(\CCCCCCCC)C(=O)O. The molecular weight excluding hydrogens is 220 g/mol. The van der Waals surface area contributed by atoms with E-state index < -0.39 is 29.9 Å². The Kier molecular flexibility index (Phi) is 5.59. The van der Waals surface area contributed by atoms with Crippen molar-refractivity contribution in [3.05, 3.63) is 11.1 Å². The summed E-state index contributed by atoms with van der Waals surface area (Å²) in [5, 5.41) is 17.9. The van der Waals surface area contributed by atoms with E-state index in [0.29, 0.717) is 6.42 Å². The summed E-state index contributed by atoms with van der Waals surface area (Å²) in [6, 6.07) is 0. The minimum Gasteiger partial charge on any atom is -0.478 e. The monoisotopic (exact) mass is 245 g/mol. The predicted molar refractivity (Wildman–Crippen MR) is 66.0 cm³/mol. The highest BCUT2D eigenvalue weighted by molar-refractivity contribution is 5.98. The summed E-state index contributed by atoms with van der Waals surface area (Å²) < 4.78 is 21.4. The molecule has 0 unspecified atom stereocenters. The maximum Gasteiger partial charge on any atom is 0.332 e. The van der Waals surface area contributed by atoms with E-state index in [0.717, 1.165) is 32.1 Å². The standard InChI is InChI=1S/C13H22O4/c1-3-4-5-6-7-8-9-11(13(16)17)10(2)12(14)15/h3-9H2,1-2H3,(H,14,15)(H,16,17)/b11-10-/i2D3. The Morgan fingerprint density at radius 2 is 1.59 bits per heavy atom. The van der Waals surface area contributed by atoms with Crippen molar-refractivity contribution in [3.8, 4) is 0 Å². The largest absolute Gasteiger partial charge is 0.478 e. The fourth-order valence-electron chi connectivity index (χ4n) is 1.55. The topological polar surface area (TPSA) is 74.6 Å². The Labute approximate surface area is 107 Å². The fraction of sp³-hybridized carbons (Fsp3) is 0.692. The molecule has 0 saturated carbocycles. The zero-order valence-electron chi connectivity index (χ0n) is 13.2. The summed E-state index contributed by atoms with van der Waals surface area (Å²) >= 11 is 0. The van der Waals surface area contributed by atoms with Gasteiger partial charge in [0.1, 0.15) is 0 Å². The van der Waals surface area contributed by atoms with Crippen LogP contribution in [0.4, 0.5) is 0 Å². The molecular formula is C13H22O4. The van der Waals surface area contributed by atoms with E-state index in [2.05, 4.69) is 6.92 Å². The second-order valence-corrected chi connectivity index (χ2v) is 3.98. The van der Waals surface area contributed by atoms with E-state index >= 15 is 0 Å². The van der Waals surface area contributed by atoms with Crippen LogP contribution in [0.5, 0.6) is 0 Å². The van der Waals surface area contributed by atoms with Crippen LogP contribution in [0.3, 0.4) is 0 Å². The lowest BCUT2D eigenvalue weighted by atomic mass is 10.0. The van der Waals surface area contributed by atoms with Gasteiger partial charge < -0.3 is 10.2 Å². The molecule has 0 aliphatic rings. The van der Waals surface area contributed by atoms with Gasteiger partial charge in [0.15, 0.2) is 0 Å². The Bertz CT molecular complexity index is 372. The van der Waals surface area contributed by atoms with Crippen molar-refractivity contribution in [1.29, 1.82) is 0 Å². The van der Waals surface area contributed by atoms with Crippen LogP contribution in [0.1, 0.15) is 62.8 Å². The summed E-state index contributed by atoms with van der Waals surface area (Å²) in [6.45, 7) is -0.831. The van der Waals surface area contributed by atoms with Crippen LogP contribution in [-0.2, 0) is 9.59 Å². The van der Waals surface area contributed by atoms with E-state index in [1.807, 2.05) is 0 Å². The van der Waals surface area contributed by atoms with Crippen LogP contribution in [-0.4, -0.2) is 22.2 Å². The zero-order chi connectivity index (χ0) is 15.8. The molecule has 2 N–H and O–H groups in total. The molecule has 0 aromatic carbocycles. The summed E-state index contributed by atoms with van der Waals surface area (Å²) in [7, 11) is 0. The van der Waals surface area contributed by atoms with E-state index in [9.17, 15) is 9.59 Å². The van der Waals surface area contributed by atoms with Gasteiger partial charge in [-0.05, 0) is 19.7 Å². The Balaban J connectivity index is 4.78. The van der Waals surface area contributed by atoms with Gasteiger partial charge >= 0.3 is 11.9 Å². The quantitative estimate of drug-likeness (QED) is 0.483. The lowest BCUT2D eigenvalue weighted by Gasteiger charge is -2.05. The van der Waals surface area contributed by atoms with Crippen LogP contribution >= 0.6 is 0 Å². The molecule has 0 amide bonds. The second kappa shape index (κ2) is 8.79. The van der Waals surface area contributed by atoms with Gasteiger partial charge in [-0.15, -0.1) is 0 Å². The molecule has 0 rings (SSSR count). The molecule has 0 radical (unpaired) electrons. The first-order valence-corrected chi connectivity index (χ1v) is 5.92. The van der Waals surface area contributed by atoms with Gasteiger partial charge in [0.05, 0.1) is 0 Å². The number of unbranched alkanes of at least 4 members (excludes halogenated alkanes) is 5. The number of aliphatic carboxylic acids is 2. The van der Waals surface area contributed by atoms with Crippen molar-refractivity contribution in [2.75, 3.05) is 0 Å². The molecule has 17 heavy (non-hydrogen) atoms. The van der Waals surface area contributed by atoms with Crippen molar-refractivity contribution >= 4 is 11.9 Å². The molecule has 0 aliphatic carbocycles. The number of hydrogen-bond donors (Lipinski definition) is 2. The first-order valence-electron chi connectivity index (χ1n) is 7.42. The predicted octanol–water partition coefficient (Wildman–Crippen LogP) is 3.22. The highest BCUT2D eigenvalue weighted by Crippen LogP contribution is 2.15. The maximum atomic E-state index is 11.1. The van der Waals surface area contributed by atoms with E-state index in [1.54, 1.807) is 0 Å². The third kappa shape index (κ3) is 6.76. The molecule has 0 spiro atoms. The molecule has 0 atom stereocenters. The van der Waals surface area contributed by atoms with Crippen molar-refractivity contribution in [2.45, 2.75) is 58.7 Å². The Morgan fingerprint density at radius 1 is 1.00 bits per heavy atom. The number of hydrogen-bond acceptors (Lipinski definition) is 2. The maximum absolute atomic E-state index is 11.1. The number of rotatable bonds is 9. The lowest BCUT2D eigenvalue weighted by Crippen LogP contribution is -2.09. The molecule has 0 heterocycles. The van der Waals surface area contributed by atoms with Crippen LogP contribution in [0, 0.1) is 0 Å². The van der Waals surface area contributed by atoms with Gasteiger partial charge in [0.2, 0.25) is 0 Å². The molecule has 0 saturated heterocycles. The van der Waals surface area contributed by atoms with Crippen LogP contribution in [0.25, 0.3) is 0 Å². The molecule has 0 aliphatic heterocycles. The van der Waals surface area contributed by atoms with Gasteiger partial charge in [-0.25, -0.2) is 9.59 Å². The molecule has 4 nitrogen and oxygen atoms in total. The van der Waals surface area contributed by atoms with E-state index in [1.165, 1.54) is 0 Å². The second-order valence-electron chi connectivity index (χ2n) is 3.98. The van der Waals surface area contributed by atoms with Crippen LogP contribution < -0.4 is 0 Å². The van der Waals surface area contributed by atoms with Crippen molar-refractivity contribution in [3.63, 3.8) is 0 Å². The van der Waals surface area contributed by atoms with Crippen LogP contribution in [0.2, 0.25) is 0 Å². The fourth-order valence-corrected chi connectivity index (χ4v) is 1.55. The molecule has 0 bridgehead atoms. The molecule has 0 fully saturated rings. The first-order chi connectivity index (χ1) is 9.21. The van der Waals surface area contributed by atoms with E-state index in [-0.39, 0.29) is 6.42 Å². The Morgan fingerprint density at radius 3 is 2.06 bits per heavy atom. The smallest absolute Gasteiger partial charge is 0.332 e. The summed E-state index contributed by atoms with van der Waals surface area (Å²) in [5.41, 5.74) is -1.48. The summed E-state index contributed by atoms with van der Waals surface area (Å²) in [5.74, 6) is -3.15. The first kappa shape index (κ1) is 10.8. The van der Waals surface area contributed by atoms with Gasteiger partial charge in [-0.3, -0.25) is 0 Å². The van der Waals surface area contributed by atoms with Gasteiger partial charge in [0, 0.05) is 15.3 Å². The minimum atomic E-state index is -2.91. The van der Waals surface area contributed by atoms with Crippen molar-refractivity contribution in [1.82, 2.24) is 0 Å². The average molecular weight is 245 g/mol. The molecule has 0 aromatic heterocycles. The number of carbonyl (C=O) groups is 2. The third-order valence-electron chi connectivity index (χ3n) is 2.55.